The number of morpholine rings is 1. The van der Waals surface area contributed by atoms with Crippen molar-refractivity contribution in [2.75, 3.05) is 26.3 Å². The highest BCUT2D eigenvalue weighted by atomic mass is 16.5. The first kappa shape index (κ1) is 27.3. The third-order valence-corrected chi connectivity index (χ3v) is 9.07. The van der Waals surface area contributed by atoms with Crippen LogP contribution in [0.15, 0.2) is 78.9 Å². The number of para-hydroxylation sites is 1. The number of carbonyl (C=O) groups excluding carboxylic acids is 1. The normalized spacial score (nSPS) is 16.1. The number of nitrogens with zero attached hydrogens (tertiary/aromatic N) is 3. The molecule has 2 aromatic heterocycles. The summed E-state index contributed by atoms with van der Waals surface area (Å²) in [4.78, 5) is 32.5. The molecule has 7 nitrogen and oxygen atoms in total. The van der Waals surface area contributed by atoms with Crippen LogP contribution in [0, 0.1) is 0 Å². The predicted octanol–water partition coefficient (Wildman–Crippen LogP) is 7.13. The molecule has 1 aliphatic heterocycles. The molecule has 1 aliphatic carbocycles. The number of fused-ring (bicyclic) bond motifs is 2. The fourth-order valence-electron chi connectivity index (χ4n) is 6.86. The van der Waals surface area contributed by atoms with Crippen LogP contribution in [0.5, 0.6) is 0 Å². The zero-order valence-electron chi connectivity index (χ0n) is 24.2. The number of carboxylic acid groups (broad SMARTS) is 1. The molecular formula is C36H35N3O4. The summed E-state index contributed by atoms with van der Waals surface area (Å²) in [6, 6.07) is 26.1. The quantitative estimate of drug-likeness (QED) is 0.234. The van der Waals surface area contributed by atoms with Crippen molar-refractivity contribution in [1.82, 2.24) is 14.5 Å². The van der Waals surface area contributed by atoms with Gasteiger partial charge in [-0.2, -0.15) is 0 Å². The van der Waals surface area contributed by atoms with Crippen molar-refractivity contribution >= 4 is 33.7 Å². The van der Waals surface area contributed by atoms with Crippen LogP contribution in [0.4, 0.5) is 0 Å². The summed E-state index contributed by atoms with van der Waals surface area (Å²) in [7, 11) is 0. The maximum atomic E-state index is 13.7. The van der Waals surface area contributed by atoms with Gasteiger partial charge in [0.1, 0.15) is 6.54 Å². The Morgan fingerprint density at radius 1 is 0.860 bits per heavy atom. The number of ether oxygens (including phenoxy) is 1. The number of aromatic nitrogens is 2. The van der Waals surface area contributed by atoms with Crippen LogP contribution in [0.3, 0.4) is 0 Å². The SMILES string of the molecule is O=C(O)c1ccc2c(C3CCCCC3)c(-c3ccc(-c4ccc5ccccc5n4)cc3)n(CC(=O)N3CCOCC3)c2c1. The van der Waals surface area contributed by atoms with E-state index in [4.69, 9.17) is 9.72 Å². The fraction of sp³-hybridized carbons (Fsp3) is 0.306. The predicted molar refractivity (Wildman–Crippen MR) is 168 cm³/mol. The molecule has 1 saturated carbocycles. The number of hydrogen-bond donors (Lipinski definition) is 1. The van der Waals surface area contributed by atoms with Gasteiger partial charge in [-0.05, 0) is 54.2 Å². The number of benzene rings is 3. The Kier molecular flexibility index (Phi) is 7.41. The van der Waals surface area contributed by atoms with E-state index in [1.165, 1.54) is 24.8 Å². The van der Waals surface area contributed by atoms with Gasteiger partial charge in [0.15, 0.2) is 0 Å². The Bertz CT molecular complexity index is 1810. The van der Waals surface area contributed by atoms with Crippen LogP contribution in [0.25, 0.3) is 44.3 Å². The van der Waals surface area contributed by atoms with E-state index < -0.39 is 5.97 Å². The average Bonchev–Trinajstić information content (AvgIpc) is 3.38. The zero-order valence-corrected chi connectivity index (χ0v) is 24.2. The Hall–Kier alpha value is -4.49. The number of rotatable bonds is 6. The van der Waals surface area contributed by atoms with Crippen molar-refractivity contribution in [1.29, 1.82) is 0 Å². The van der Waals surface area contributed by atoms with Crippen LogP contribution in [0.1, 0.15) is 53.9 Å². The van der Waals surface area contributed by atoms with Gasteiger partial charge in [0.05, 0.1) is 41.2 Å². The van der Waals surface area contributed by atoms with E-state index in [9.17, 15) is 14.7 Å². The summed E-state index contributed by atoms with van der Waals surface area (Å²) in [6.07, 6.45) is 5.75. The van der Waals surface area contributed by atoms with Crippen molar-refractivity contribution in [2.45, 2.75) is 44.6 Å². The molecule has 1 N–H and O–H groups in total. The highest BCUT2D eigenvalue weighted by Crippen LogP contribution is 2.44. The average molecular weight is 574 g/mol. The number of amides is 1. The molecule has 0 bridgehead atoms. The Morgan fingerprint density at radius 2 is 1.60 bits per heavy atom. The number of hydrogen-bond acceptors (Lipinski definition) is 4. The van der Waals surface area contributed by atoms with Crippen molar-refractivity contribution in [3.63, 3.8) is 0 Å². The summed E-state index contributed by atoms with van der Waals surface area (Å²) < 4.78 is 7.57. The third-order valence-electron chi connectivity index (χ3n) is 9.07. The maximum Gasteiger partial charge on any atom is 0.335 e. The molecule has 43 heavy (non-hydrogen) atoms. The minimum Gasteiger partial charge on any atom is -0.478 e. The van der Waals surface area contributed by atoms with Crippen LogP contribution < -0.4 is 0 Å². The third kappa shape index (κ3) is 5.30. The topological polar surface area (TPSA) is 84.7 Å². The van der Waals surface area contributed by atoms with Crippen LogP contribution in [0.2, 0.25) is 0 Å². The molecule has 0 atom stereocenters. The van der Waals surface area contributed by atoms with Crippen LogP contribution in [-0.2, 0) is 16.1 Å². The monoisotopic (exact) mass is 573 g/mol. The van der Waals surface area contributed by atoms with Gasteiger partial charge in [-0.25, -0.2) is 9.78 Å². The van der Waals surface area contributed by atoms with E-state index in [1.807, 2.05) is 29.2 Å². The first-order chi connectivity index (χ1) is 21.1. The number of pyridine rings is 1. The van der Waals surface area contributed by atoms with Crippen molar-refractivity contribution < 1.29 is 19.4 Å². The Balaban J connectivity index is 1.37. The lowest BCUT2D eigenvalue weighted by molar-refractivity contribution is -0.135. The highest BCUT2D eigenvalue weighted by molar-refractivity contribution is 5.99. The minimum atomic E-state index is -0.970. The fourth-order valence-corrected chi connectivity index (χ4v) is 6.86. The minimum absolute atomic E-state index is 0.0226. The van der Waals surface area contributed by atoms with Crippen molar-refractivity contribution in [3.05, 3.63) is 90.0 Å². The molecule has 2 fully saturated rings. The zero-order chi connectivity index (χ0) is 29.3. The second kappa shape index (κ2) is 11.7. The molecule has 0 spiro atoms. The Morgan fingerprint density at radius 3 is 2.37 bits per heavy atom. The van der Waals surface area contributed by atoms with E-state index in [1.54, 1.807) is 12.1 Å². The van der Waals surface area contributed by atoms with Gasteiger partial charge in [0.25, 0.3) is 0 Å². The lowest BCUT2D eigenvalue weighted by Crippen LogP contribution is -2.42. The summed E-state index contributed by atoms with van der Waals surface area (Å²) >= 11 is 0. The summed E-state index contributed by atoms with van der Waals surface area (Å²) in [6.45, 7) is 2.35. The van der Waals surface area contributed by atoms with Gasteiger partial charge < -0.3 is 19.3 Å². The van der Waals surface area contributed by atoms with E-state index in [0.717, 1.165) is 57.2 Å². The molecule has 7 rings (SSSR count). The van der Waals surface area contributed by atoms with Crippen molar-refractivity contribution in [2.24, 2.45) is 0 Å². The molecule has 3 aromatic carbocycles. The smallest absolute Gasteiger partial charge is 0.335 e. The van der Waals surface area contributed by atoms with Gasteiger partial charge in [0.2, 0.25) is 5.91 Å². The maximum absolute atomic E-state index is 13.7. The summed E-state index contributed by atoms with van der Waals surface area (Å²) in [5.41, 5.74) is 7.19. The lowest BCUT2D eigenvalue weighted by Gasteiger charge is -2.28. The number of carbonyl (C=O) groups is 2. The number of carboxylic acids is 1. The molecule has 2 aliphatic rings. The lowest BCUT2D eigenvalue weighted by atomic mass is 9.81. The van der Waals surface area contributed by atoms with Crippen LogP contribution >= 0.6 is 0 Å². The molecule has 3 heterocycles. The highest BCUT2D eigenvalue weighted by Gasteiger charge is 2.29. The van der Waals surface area contributed by atoms with E-state index in [0.29, 0.717) is 32.2 Å². The van der Waals surface area contributed by atoms with Crippen molar-refractivity contribution in [3.8, 4) is 22.5 Å². The second-order valence-corrected chi connectivity index (χ2v) is 11.7. The van der Waals surface area contributed by atoms with E-state index >= 15 is 0 Å². The van der Waals surface area contributed by atoms with Crippen LogP contribution in [-0.4, -0.2) is 57.7 Å². The van der Waals surface area contributed by atoms with Gasteiger partial charge in [-0.1, -0.05) is 73.9 Å². The molecule has 7 heteroatoms. The first-order valence-electron chi connectivity index (χ1n) is 15.3. The summed E-state index contributed by atoms with van der Waals surface area (Å²) in [5.74, 6) is -0.597. The molecule has 1 amide bonds. The summed E-state index contributed by atoms with van der Waals surface area (Å²) in [5, 5.41) is 12.0. The van der Waals surface area contributed by atoms with Gasteiger partial charge >= 0.3 is 5.97 Å². The van der Waals surface area contributed by atoms with Gasteiger partial charge in [-0.3, -0.25) is 4.79 Å². The molecular weight excluding hydrogens is 538 g/mol. The molecule has 0 unspecified atom stereocenters. The van der Waals surface area contributed by atoms with Gasteiger partial charge in [-0.15, -0.1) is 0 Å². The standard InChI is InChI=1S/C36H35N3O4/c40-33(38-18-20-43-21-19-38)23-39-32-22-28(36(41)42)14-16-29(32)34(26-7-2-1-3-8-26)35(39)27-12-10-25(11-13-27)31-17-15-24-6-4-5-9-30(24)37-31/h4-6,9-17,22,26H,1-3,7-8,18-21,23H2,(H,41,42). The molecule has 1 saturated heterocycles. The van der Waals surface area contributed by atoms with Gasteiger partial charge in [0, 0.05) is 29.4 Å². The Labute approximate surface area is 250 Å². The molecule has 0 radical (unpaired) electrons. The molecule has 5 aromatic rings. The number of aromatic carboxylic acids is 1. The van der Waals surface area contributed by atoms with E-state index in [2.05, 4.69) is 47.0 Å². The first-order valence-corrected chi connectivity index (χ1v) is 15.3. The molecule has 218 valence electrons. The van der Waals surface area contributed by atoms with E-state index in [-0.39, 0.29) is 18.0 Å². The largest absolute Gasteiger partial charge is 0.478 e. The second-order valence-electron chi connectivity index (χ2n) is 11.7.